The van der Waals surface area contributed by atoms with Crippen LogP contribution >= 0.6 is 11.3 Å². The quantitative estimate of drug-likeness (QED) is 0.391. The second kappa shape index (κ2) is 11.4. The van der Waals surface area contributed by atoms with Crippen molar-refractivity contribution < 1.29 is 9.59 Å². The predicted octanol–water partition coefficient (Wildman–Crippen LogP) is 5.88. The minimum absolute atomic E-state index is 0.0900. The molecular weight excluding hydrogens is 444 g/mol. The summed E-state index contributed by atoms with van der Waals surface area (Å²) in [7, 11) is 0. The minimum atomic E-state index is -0.493. The largest absolute Gasteiger partial charge is 0.327 e. The molecule has 0 aliphatic carbocycles. The molecule has 6 nitrogen and oxygen atoms in total. The molecule has 0 bridgehead atoms. The van der Waals surface area contributed by atoms with E-state index in [0.717, 1.165) is 23.4 Å². The molecule has 0 spiro atoms. The molecule has 7 heteroatoms. The molecule has 1 aromatic heterocycles. The average Bonchev–Trinajstić information content (AvgIpc) is 3.52. The molecule has 1 aliphatic rings. The zero-order valence-electron chi connectivity index (χ0n) is 19.9. The Balaban J connectivity index is 1.36. The second-order valence-electron chi connectivity index (χ2n) is 8.93. The number of likely N-dealkylation sites (tertiary alicyclic amines) is 1. The van der Waals surface area contributed by atoms with Crippen molar-refractivity contribution in [3.8, 4) is 10.6 Å². The number of aromatic nitrogens is 2. The van der Waals surface area contributed by atoms with Crippen LogP contribution in [0.4, 0.5) is 5.13 Å². The van der Waals surface area contributed by atoms with Crippen molar-refractivity contribution in [3.63, 3.8) is 0 Å². The average molecular weight is 477 g/mol. The first kappa shape index (κ1) is 24.1. The maximum absolute atomic E-state index is 13.2. The van der Waals surface area contributed by atoms with Crippen LogP contribution in [-0.4, -0.2) is 39.5 Å². The van der Waals surface area contributed by atoms with Crippen molar-refractivity contribution in [2.24, 2.45) is 0 Å². The number of nitrogens with one attached hydrogen (secondary N) is 1. The Morgan fingerprint density at radius 3 is 2.53 bits per heavy atom. The summed E-state index contributed by atoms with van der Waals surface area (Å²) in [6.45, 7) is 4.83. The Labute approximate surface area is 205 Å². The van der Waals surface area contributed by atoms with E-state index in [-0.39, 0.29) is 11.8 Å². The summed E-state index contributed by atoms with van der Waals surface area (Å²) < 4.78 is 0. The van der Waals surface area contributed by atoms with E-state index in [0.29, 0.717) is 23.7 Å². The van der Waals surface area contributed by atoms with E-state index in [1.54, 1.807) is 4.90 Å². The van der Waals surface area contributed by atoms with E-state index >= 15 is 0 Å². The molecule has 3 aromatic rings. The standard InChI is InChI=1S/C27H32N4O2S/c1-3-4-5-6-8-20-12-16-22(17-13-20)26(33)31-18-7-9-23(31)24(32)28-27-30-29-25(34-27)21-14-10-19(2)11-15-21/h10-17,23H,3-9,18H2,1-2H3,(H,28,30,32). The second-order valence-corrected chi connectivity index (χ2v) is 9.91. The SMILES string of the molecule is CCCCCCc1ccc(C(=O)N2CCCC2C(=O)Nc2nnc(-c3ccc(C)cc3)s2)cc1. The van der Waals surface area contributed by atoms with Gasteiger partial charge < -0.3 is 4.90 Å². The first-order valence-corrected chi connectivity index (χ1v) is 13.0. The minimum Gasteiger partial charge on any atom is -0.327 e. The Hall–Kier alpha value is -3.06. The Morgan fingerprint density at radius 1 is 1.03 bits per heavy atom. The Bertz CT molecular complexity index is 1110. The summed E-state index contributed by atoms with van der Waals surface area (Å²) in [4.78, 5) is 27.9. The third kappa shape index (κ3) is 5.89. The topological polar surface area (TPSA) is 75.2 Å². The monoisotopic (exact) mass is 476 g/mol. The molecule has 0 radical (unpaired) electrons. The van der Waals surface area contributed by atoms with E-state index in [2.05, 4.69) is 22.4 Å². The maximum atomic E-state index is 13.2. The van der Waals surface area contributed by atoms with Crippen LogP contribution in [0.2, 0.25) is 0 Å². The van der Waals surface area contributed by atoms with E-state index in [4.69, 9.17) is 0 Å². The molecule has 1 aliphatic heterocycles. The van der Waals surface area contributed by atoms with Gasteiger partial charge in [0.05, 0.1) is 0 Å². The van der Waals surface area contributed by atoms with Crippen LogP contribution in [-0.2, 0) is 11.2 Å². The van der Waals surface area contributed by atoms with Crippen LogP contribution in [0, 0.1) is 6.92 Å². The first-order valence-electron chi connectivity index (χ1n) is 12.2. The number of aryl methyl sites for hydroxylation is 2. The lowest BCUT2D eigenvalue weighted by Crippen LogP contribution is -2.43. The van der Waals surface area contributed by atoms with Crippen molar-refractivity contribution in [1.82, 2.24) is 15.1 Å². The summed E-state index contributed by atoms with van der Waals surface area (Å²) in [6, 6.07) is 15.4. The molecular formula is C27H32N4O2S. The smallest absolute Gasteiger partial charge is 0.254 e. The fraction of sp³-hybridized carbons (Fsp3) is 0.407. The molecule has 1 atom stereocenters. The van der Waals surface area contributed by atoms with Gasteiger partial charge in [-0.1, -0.05) is 79.5 Å². The molecule has 1 saturated heterocycles. The number of rotatable bonds is 9. The van der Waals surface area contributed by atoms with Crippen LogP contribution in [0.25, 0.3) is 10.6 Å². The van der Waals surface area contributed by atoms with Gasteiger partial charge in [-0.05, 0) is 50.3 Å². The molecule has 178 valence electrons. The number of unbranched alkanes of at least 4 members (excludes halogenated alkanes) is 3. The first-order chi connectivity index (χ1) is 16.5. The van der Waals surface area contributed by atoms with Gasteiger partial charge in [-0.25, -0.2) is 0 Å². The lowest BCUT2D eigenvalue weighted by atomic mass is 10.0. The number of hydrogen-bond donors (Lipinski definition) is 1. The highest BCUT2D eigenvalue weighted by Gasteiger charge is 2.35. The van der Waals surface area contributed by atoms with Gasteiger partial charge in [-0.15, -0.1) is 10.2 Å². The summed E-state index contributed by atoms with van der Waals surface area (Å²) >= 11 is 1.34. The van der Waals surface area contributed by atoms with Gasteiger partial charge >= 0.3 is 0 Å². The van der Waals surface area contributed by atoms with Crippen molar-refractivity contribution in [2.45, 2.75) is 64.8 Å². The number of amides is 2. The molecule has 1 fully saturated rings. The highest BCUT2D eigenvalue weighted by Crippen LogP contribution is 2.28. The van der Waals surface area contributed by atoms with Crippen molar-refractivity contribution in [3.05, 3.63) is 65.2 Å². The third-order valence-electron chi connectivity index (χ3n) is 6.29. The molecule has 0 saturated carbocycles. The highest BCUT2D eigenvalue weighted by atomic mass is 32.1. The zero-order valence-corrected chi connectivity index (χ0v) is 20.7. The summed E-state index contributed by atoms with van der Waals surface area (Å²) in [5.41, 5.74) is 4.03. The molecule has 4 rings (SSSR count). The summed E-state index contributed by atoms with van der Waals surface area (Å²) in [6.07, 6.45) is 7.40. The van der Waals surface area contributed by atoms with Crippen LogP contribution in [0.1, 0.15) is 66.9 Å². The fourth-order valence-electron chi connectivity index (χ4n) is 4.29. The fourth-order valence-corrected chi connectivity index (χ4v) is 5.05. The van der Waals surface area contributed by atoms with Gasteiger partial charge in [-0.3, -0.25) is 14.9 Å². The molecule has 2 heterocycles. The van der Waals surface area contributed by atoms with Gasteiger partial charge in [0.15, 0.2) is 0 Å². The van der Waals surface area contributed by atoms with Gasteiger partial charge in [0.1, 0.15) is 11.0 Å². The van der Waals surface area contributed by atoms with Crippen molar-refractivity contribution in [2.75, 3.05) is 11.9 Å². The maximum Gasteiger partial charge on any atom is 0.254 e. The number of hydrogen-bond acceptors (Lipinski definition) is 5. The zero-order chi connectivity index (χ0) is 23.9. The van der Waals surface area contributed by atoms with Crippen molar-refractivity contribution in [1.29, 1.82) is 0 Å². The van der Waals surface area contributed by atoms with Gasteiger partial charge in [0, 0.05) is 17.7 Å². The van der Waals surface area contributed by atoms with Crippen LogP contribution in [0.3, 0.4) is 0 Å². The Morgan fingerprint density at radius 2 is 1.79 bits per heavy atom. The van der Waals surface area contributed by atoms with E-state index in [1.807, 2.05) is 55.5 Å². The molecule has 34 heavy (non-hydrogen) atoms. The van der Waals surface area contributed by atoms with Crippen LogP contribution in [0.5, 0.6) is 0 Å². The predicted molar refractivity (Wildman–Crippen MR) is 137 cm³/mol. The number of anilines is 1. The van der Waals surface area contributed by atoms with E-state index in [1.165, 1.54) is 48.1 Å². The van der Waals surface area contributed by atoms with Gasteiger partial charge in [0.2, 0.25) is 11.0 Å². The molecule has 1 unspecified atom stereocenters. The number of benzene rings is 2. The third-order valence-corrected chi connectivity index (χ3v) is 7.18. The van der Waals surface area contributed by atoms with Gasteiger partial charge in [0.25, 0.3) is 5.91 Å². The normalized spacial score (nSPS) is 15.5. The summed E-state index contributed by atoms with van der Waals surface area (Å²) in [5.74, 6) is -0.294. The lowest BCUT2D eigenvalue weighted by molar-refractivity contribution is -0.119. The van der Waals surface area contributed by atoms with Crippen molar-refractivity contribution >= 4 is 28.3 Å². The number of nitrogens with zero attached hydrogens (tertiary/aromatic N) is 3. The number of carbonyl (C=O) groups is 2. The molecule has 1 N–H and O–H groups in total. The number of carbonyl (C=O) groups excluding carboxylic acids is 2. The lowest BCUT2D eigenvalue weighted by Gasteiger charge is -2.23. The molecule has 2 amide bonds. The van der Waals surface area contributed by atoms with E-state index < -0.39 is 6.04 Å². The van der Waals surface area contributed by atoms with Gasteiger partial charge in [-0.2, -0.15) is 0 Å². The van der Waals surface area contributed by atoms with E-state index in [9.17, 15) is 9.59 Å². The summed E-state index contributed by atoms with van der Waals surface area (Å²) in [5, 5.41) is 12.4. The van der Waals surface area contributed by atoms with Crippen LogP contribution < -0.4 is 5.32 Å². The Kier molecular flexibility index (Phi) is 8.06. The van der Waals surface area contributed by atoms with Crippen LogP contribution in [0.15, 0.2) is 48.5 Å². The highest BCUT2D eigenvalue weighted by molar-refractivity contribution is 7.18. The molecule has 2 aromatic carbocycles.